The van der Waals surface area contributed by atoms with Gasteiger partial charge in [-0.15, -0.1) is 0 Å². The number of para-hydroxylation sites is 6. The van der Waals surface area contributed by atoms with Crippen LogP contribution in [0.1, 0.15) is 49.9 Å². The van der Waals surface area contributed by atoms with Crippen molar-refractivity contribution in [3.63, 3.8) is 0 Å². The maximum absolute atomic E-state index is 2.62. The highest BCUT2D eigenvalue weighted by atomic mass is 15.8. The molecule has 0 bridgehead atoms. The first kappa shape index (κ1) is 34.0. The molecule has 2 aliphatic carbocycles. The van der Waals surface area contributed by atoms with Crippen LogP contribution in [0, 0.1) is 0 Å². The molecule has 4 heteroatoms. The van der Waals surface area contributed by atoms with Crippen LogP contribution >= 0.6 is 0 Å². The van der Waals surface area contributed by atoms with E-state index in [0.717, 1.165) is 45.5 Å². The molecule has 8 aromatic rings. The fraction of sp³-hybridized carbons (Fsp3) is 0.127. The molecule has 4 aliphatic rings. The second kappa shape index (κ2) is 12.0. The van der Waals surface area contributed by atoms with E-state index in [9.17, 15) is 0 Å². The number of hydrogen-bond acceptors (Lipinski definition) is 4. The Kier molecular flexibility index (Phi) is 6.92. The van der Waals surface area contributed by atoms with E-state index in [4.69, 9.17) is 0 Å². The third kappa shape index (κ3) is 4.38. The van der Waals surface area contributed by atoms with Gasteiger partial charge in [0.05, 0.1) is 22.7 Å². The van der Waals surface area contributed by atoms with Crippen LogP contribution in [0.25, 0.3) is 22.3 Å². The molecule has 12 rings (SSSR count). The van der Waals surface area contributed by atoms with Gasteiger partial charge in [-0.1, -0.05) is 149 Å². The summed E-state index contributed by atoms with van der Waals surface area (Å²) in [4.78, 5) is 10.4. The van der Waals surface area contributed by atoms with Crippen molar-refractivity contribution in [1.29, 1.82) is 0 Å². The van der Waals surface area contributed by atoms with Gasteiger partial charge in [0.25, 0.3) is 5.91 Å². The van der Waals surface area contributed by atoms with E-state index < -0.39 is 5.91 Å². The smallest absolute Gasteiger partial charge is 0.280 e. The van der Waals surface area contributed by atoms with Crippen molar-refractivity contribution >= 4 is 45.5 Å². The summed E-state index contributed by atoms with van der Waals surface area (Å²) in [7, 11) is 0. The Labute approximate surface area is 346 Å². The fourth-order valence-corrected chi connectivity index (χ4v) is 11.0. The van der Waals surface area contributed by atoms with E-state index in [0.29, 0.717) is 0 Å². The predicted molar refractivity (Wildman–Crippen MR) is 245 cm³/mol. The lowest BCUT2D eigenvalue weighted by molar-refractivity contribution is 0.479. The van der Waals surface area contributed by atoms with Gasteiger partial charge >= 0.3 is 0 Å². The van der Waals surface area contributed by atoms with E-state index in [1.165, 1.54) is 44.5 Å². The largest absolute Gasteiger partial charge is 0.295 e. The van der Waals surface area contributed by atoms with Crippen molar-refractivity contribution in [2.24, 2.45) is 0 Å². The van der Waals surface area contributed by atoms with Gasteiger partial charge in [0, 0.05) is 33.6 Å². The van der Waals surface area contributed by atoms with Crippen molar-refractivity contribution < 1.29 is 0 Å². The highest BCUT2D eigenvalue weighted by Gasteiger charge is 2.65. The standard InChI is InChI=1S/C55H44N4/c1-53(2)45-25-13-11-23-41(45)43-33-31-39(35-47(43)53)58-51-29-17-18-30-52(51)59(40-32-34-44-42-24-12-14-26-46(42)54(3,4)48(44)36-40)55(58)56(37-19-7-5-8-20-37)49-27-15-16-28-50(49)57(55)38-21-9-6-10-22-38/h5-36H,1-4H3. The summed E-state index contributed by atoms with van der Waals surface area (Å²) in [6.45, 7) is 9.51. The van der Waals surface area contributed by atoms with Gasteiger partial charge in [0.2, 0.25) is 0 Å². The Morgan fingerprint density at radius 1 is 0.271 bits per heavy atom. The molecule has 0 radical (unpaired) electrons. The first-order valence-electron chi connectivity index (χ1n) is 20.8. The van der Waals surface area contributed by atoms with E-state index >= 15 is 0 Å². The fourth-order valence-electron chi connectivity index (χ4n) is 11.0. The summed E-state index contributed by atoms with van der Waals surface area (Å²) in [5.74, 6) is -1.01. The molecular weight excluding hydrogens is 717 g/mol. The Morgan fingerprint density at radius 3 is 0.966 bits per heavy atom. The van der Waals surface area contributed by atoms with Crippen molar-refractivity contribution in [3.8, 4) is 22.3 Å². The second-order valence-electron chi connectivity index (χ2n) is 17.4. The average Bonchev–Trinajstić information content (AvgIpc) is 3.90. The molecule has 0 atom stereocenters. The Bertz CT molecular complexity index is 2780. The molecule has 8 aromatic carbocycles. The zero-order valence-electron chi connectivity index (χ0n) is 33.8. The van der Waals surface area contributed by atoms with Crippen molar-refractivity contribution in [1.82, 2.24) is 0 Å². The number of nitrogens with zero attached hydrogens (tertiary/aromatic N) is 4. The van der Waals surface area contributed by atoms with Crippen LogP contribution in [0.5, 0.6) is 0 Å². The maximum Gasteiger partial charge on any atom is 0.295 e. The number of benzene rings is 8. The second-order valence-corrected chi connectivity index (χ2v) is 17.4. The highest BCUT2D eigenvalue weighted by molar-refractivity contribution is 6.03. The molecule has 4 nitrogen and oxygen atoms in total. The lowest BCUT2D eigenvalue weighted by atomic mass is 9.82. The summed E-state index contributed by atoms with van der Waals surface area (Å²) < 4.78 is 0. The van der Waals surface area contributed by atoms with Crippen molar-refractivity contribution in [3.05, 3.63) is 216 Å². The number of rotatable bonds is 4. The van der Waals surface area contributed by atoms with Gasteiger partial charge in [-0.3, -0.25) is 19.6 Å². The maximum atomic E-state index is 2.62. The van der Waals surface area contributed by atoms with Crippen LogP contribution in [0.2, 0.25) is 0 Å². The predicted octanol–water partition coefficient (Wildman–Crippen LogP) is 14.2. The van der Waals surface area contributed by atoms with Gasteiger partial charge in [-0.05, 0) is 117 Å². The summed E-state index contributed by atoms with van der Waals surface area (Å²) in [5.41, 5.74) is 19.3. The van der Waals surface area contributed by atoms with Crippen LogP contribution in [-0.2, 0) is 10.8 Å². The van der Waals surface area contributed by atoms with Crippen molar-refractivity contribution in [2.75, 3.05) is 19.6 Å². The summed E-state index contributed by atoms with van der Waals surface area (Å²) in [6, 6.07) is 72.2. The van der Waals surface area contributed by atoms with Gasteiger partial charge in [0.15, 0.2) is 0 Å². The molecule has 0 unspecified atom stereocenters. The lowest BCUT2D eigenvalue weighted by Gasteiger charge is -2.53. The van der Waals surface area contributed by atoms with E-state index in [1.54, 1.807) is 0 Å². The molecule has 0 N–H and O–H groups in total. The Balaban J connectivity index is 1.21. The van der Waals surface area contributed by atoms with Crippen LogP contribution in [-0.4, -0.2) is 5.91 Å². The Hall–Kier alpha value is -7.04. The molecule has 0 aromatic heterocycles. The topological polar surface area (TPSA) is 13.0 Å². The zero-order chi connectivity index (χ0) is 39.7. The first-order valence-corrected chi connectivity index (χ1v) is 20.8. The summed E-state index contributed by atoms with van der Waals surface area (Å²) in [5, 5.41) is 0. The number of hydrogen-bond donors (Lipinski definition) is 0. The molecule has 0 fully saturated rings. The average molecular weight is 761 g/mol. The zero-order valence-corrected chi connectivity index (χ0v) is 33.8. The summed E-state index contributed by atoms with van der Waals surface area (Å²) >= 11 is 0. The molecular formula is C55H44N4. The Morgan fingerprint density at radius 2 is 0.576 bits per heavy atom. The molecule has 1 spiro atoms. The van der Waals surface area contributed by atoms with Gasteiger partial charge in [-0.25, -0.2) is 0 Å². The molecule has 2 aliphatic heterocycles. The van der Waals surface area contributed by atoms with E-state index in [1.807, 2.05) is 0 Å². The van der Waals surface area contributed by atoms with Crippen LogP contribution < -0.4 is 19.6 Å². The third-order valence-electron chi connectivity index (χ3n) is 13.6. The monoisotopic (exact) mass is 760 g/mol. The van der Waals surface area contributed by atoms with E-state index in [2.05, 4.69) is 241 Å². The van der Waals surface area contributed by atoms with Crippen LogP contribution in [0.3, 0.4) is 0 Å². The lowest BCUT2D eigenvalue weighted by Crippen LogP contribution is -2.70. The van der Waals surface area contributed by atoms with Gasteiger partial charge < -0.3 is 0 Å². The van der Waals surface area contributed by atoms with E-state index in [-0.39, 0.29) is 10.8 Å². The SMILES string of the molecule is CC1(C)c2ccccc2-c2ccc(N3c4ccccc4N(c4ccc5c(c4)C(C)(C)c4ccccc4-5)C34N(c3ccccc3)c3ccccc3N4c3ccccc3)cc21. The van der Waals surface area contributed by atoms with Crippen LogP contribution in [0.4, 0.5) is 45.5 Å². The minimum atomic E-state index is -1.01. The normalized spacial score (nSPS) is 16.7. The molecule has 0 amide bonds. The molecule has 0 saturated heterocycles. The molecule has 2 heterocycles. The van der Waals surface area contributed by atoms with Crippen molar-refractivity contribution in [2.45, 2.75) is 44.4 Å². The minimum absolute atomic E-state index is 0.175. The van der Waals surface area contributed by atoms with Crippen LogP contribution in [0.15, 0.2) is 194 Å². The van der Waals surface area contributed by atoms with Gasteiger partial charge in [-0.2, -0.15) is 0 Å². The number of fused-ring (bicyclic) bond motifs is 8. The molecule has 59 heavy (non-hydrogen) atoms. The first-order chi connectivity index (χ1) is 28.8. The quantitative estimate of drug-likeness (QED) is 0.177. The highest BCUT2D eigenvalue weighted by Crippen LogP contribution is 2.65. The molecule has 0 saturated carbocycles. The minimum Gasteiger partial charge on any atom is -0.280 e. The molecule has 284 valence electrons. The number of anilines is 8. The summed E-state index contributed by atoms with van der Waals surface area (Å²) in [6.07, 6.45) is 0. The third-order valence-corrected chi connectivity index (χ3v) is 13.6. The van der Waals surface area contributed by atoms with Gasteiger partial charge in [0.1, 0.15) is 0 Å².